The first-order valence-electron chi connectivity index (χ1n) is 8.01. The van der Waals surface area contributed by atoms with Gasteiger partial charge in [-0.2, -0.15) is 0 Å². The zero-order chi connectivity index (χ0) is 16.2. The van der Waals surface area contributed by atoms with Crippen molar-refractivity contribution >= 4 is 7.85 Å². The Labute approximate surface area is 132 Å². The summed E-state index contributed by atoms with van der Waals surface area (Å²) >= 11 is 0. The lowest BCUT2D eigenvalue weighted by atomic mass is 9.64. The zero-order valence-corrected chi connectivity index (χ0v) is 14.5. The van der Waals surface area contributed by atoms with E-state index in [2.05, 4.69) is 57.2 Å². The molecule has 0 heterocycles. The third-order valence-electron chi connectivity index (χ3n) is 3.76. The molecule has 2 aromatic carbocycles. The molecule has 110 valence electrons. The third kappa shape index (κ3) is 3.07. The Morgan fingerprint density at radius 1 is 0.714 bits per heavy atom. The Balaban J connectivity index is 0.000000510. The van der Waals surface area contributed by atoms with Crippen molar-refractivity contribution in [2.24, 2.45) is 0 Å². The van der Waals surface area contributed by atoms with E-state index < -0.39 is 0 Å². The summed E-state index contributed by atoms with van der Waals surface area (Å²) in [6, 6.07) is 13.1. The molecule has 0 spiro atoms. The predicted molar refractivity (Wildman–Crippen MR) is 96.3 cm³/mol. The molecule has 0 fully saturated rings. The van der Waals surface area contributed by atoms with Gasteiger partial charge in [0.05, 0.1) is 7.85 Å². The van der Waals surface area contributed by atoms with E-state index in [-0.39, 0.29) is 5.31 Å². The first-order chi connectivity index (χ1) is 10.00. The smallest absolute Gasteiger partial charge is 0.0683 e. The summed E-state index contributed by atoms with van der Waals surface area (Å²) in [5.41, 5.74) is 7.61. The highest BCUT2D eigenvalue weighted by atomic mass is 14.3. The first-order valence-corrected chi connectivity index (χ1v) is 8.01. The van der Waals surface area contributed by atoms with Crippen molar-refractivity contribution in [3.05, 3.63) is 58.7 Å². The minimum absolute atomic E-state index is 0.358. The van der Waals surface area contributed by atoms with Crippen molar-refractivity contribution in [2.75, 3.05) is 0 Å². The highest BCUT2D eigenvalue weighted by molar-refractivity contribution is 6.21. The quantitative estimate of drug-likeness (QED) is 0.537. The van der Waals surface area contributed by atoms with Crippen molar-refractivity contribution in [2.45, 2.75) is 53.8 Å². The molecule has 3 rings (SSSR count). The van der Waals surface area contributed by atoms with Crippen LogP contribution in [0.25, 0.3) is 11.1 Å². The minimum Gasteiger partial charge on any atom is -0.0683 e. The number of hydrogen-bond acceptors (Lipinski definition) is 0. The molecular weight excluding hydrogens is 251 g/mol. The van der Waals surface area contributed by atoms with Crippen LogP contribution in [0.4, 0.5) is 0 Å². The fourth-order valence-electron chi connectivity index (χ4n) is 2.79. The van der Waals surface area contributed by atoms with E-state index in [0.717, 1.165) is 0 Å². The molecule has 1 heteroatoms. The molecular formula is C20H27B. The SMILES string of the molecule is CC.CC.[B]C1(C)c2cc(C)ccc2-c2ccc(C)cc21. The predicted octanol–water partition coefficient (Wildman–Crippen LogP) is 5.77. The van der Waals surface area contributed by atoms with Gasteiger partial charge in [-0.15, -0.1) is 0 Å². The van der Waals surface area contributed by atoms with Gasteiger partial charge in [0.1, 0.15) is 0 Å². The van der Waals surface area contributed by atoms with Gasteiger partial charge in [0.25, 0.3) is 0 Å². The second-order valence-corrected chi connectivity index (χ2v) is 5.30. The van der Waals surface area contributed by atoms with Crippen LogP contribution in [-0.4, -0.2) is 7.85 Å². The minimum atomic E-state index is -0.358. The average Bonchev–Trinajstić information content (AvgIpc) is 2.71. The van der Waals surface area contributed by atoms with E-state index in [1.165, 1.54) is 33.4 Å². The zero-order valence-electron chi connectivity index (χ0n) is 14.5. The molecule has 0 saturated carbocycles. The van der Waals surface area contributed by atoms with Gasteiger partial charge in [0.2, 0.25) is 0 Å². The highest BCUT2D eigenvalue weighted by Gasteiger charge is 2.34. The van der Waals surface area contributed by atoms with Crippen LogP contribution in [0.15, 0.2) is 36.4 Å². The van der Waals surface area contributed by atoms with E-state index in [1.54, 1.807) is 0 Å². The normalized spacial score (nSPS) is 13.1. The lowest BCUT2D eigenvalue weighted by Gasteiger charge is -2.22. The standard InChI is InChI=1S/C16H15B.2C2H6/c1-10-4-6-12-13-7-5-11(2)9-15(13)16(3,17)14(12)8-10;2*1-2/h4-9H,1-3H3;2*1-2H3. The van der Waals surface area contributed by atoms with E-state index in [9.17, 15) is 0 Å². The second kappa shape index (κ2) is 6.98. The van der Waals surface area contributed by atoms with E-state index in [0.29, 0.717) is 0 Å². The van der Waals surface area contributed by atoms with Crippen molar-refractivity contribution in [1.29, 1.82) is 0 Å². The van der Waals surface area contributed by atoms with E-state index >= 15 is 0 Å². The Morgan fingerprint density at radius 3 is 1.38 bits per heavy atom. The Hall–Kier alpha value is -1.50. The van der Waals surface area contributed by atoms with Gasteiger partial charge in [0, 0.05) is 0 Å². The molecule has 0 N–H and O–H groups in total. The summed E-state index contributed by atoms with van der Waals surface area (Å²) in [6.07, 6.45) is 0. The van der Waals surface area contributed by atoms with E-state index in [4.69, 9.17) is 7.85 Å². The maximum absolute atomic E-state index is 6.54. The van der Waals surface area contributed by atoms with Gasteiger partial charge in [-0.05, 0) is 41.4 Å². The number of benzene rings is 2. The van der Waals surface area contributed by atoms with Gasteiger partial charge in [-0.25, -0.2) is 0 Å². The van der Waals surface area contributed by atoms with Gasteiger partial charge < -0.3 is 0 Å². The highest BCUT2D eigenvalue weighted by Crippen LogP contribution is 2.47. The van der Waals surface area contributed by atoms with Gasteiger partial charge in [0.15, 0.2) is 0 Å². The van der Waals surface area contributed by atoms with Crippen molar-refractivity contribution < 1.29 is 0 Å². The molecule has 0 bridgehead atoms. The molecule has 0 unspecified atom stereocenters. The van der Waals surface area contributed by atoms with Crippen LogP contribution in [0.5, 0.6) is 0 Å². The topological polar surface area (TPSA) is 0 Å². The third-order valence-corrected chi connectivity index (χ3v) is 3.76. The molecule has 0 aliphatic heterocycles. The molecule has 1 aliphatic rings. The molecule has 0 nitrogen and oxygen atoms in total. The summed E-state index contributed by atoms with van der Waals surface area (Å²) < 4.78 is 0. The molecule has 0 atom stereocenters. The molecule has 0 amide bonds. The average molecular weight is 278 g/mol. The summed E-state index contributed by atoms with van der Waals surface area (Å²) in [5, 5.41) is -0.358. The van der Waals surface area contributed by atoms with Gasteiger partial charge in [-0.3, -0.25) is 0 Å². The second-order valence-electron chi connectivity index (χ2n) is 5.30. The Morgan fingerprint density at radius 2 is 1.05 bits per heavy atom. The molecule has 0 aromatic heterocycles. The maximum Gasteiger partial charge on any atom is 0.0871 e. The Kier molecular flexibility index (Phi) is 5.83. The molecule has 2 radical (unpaired) electrons. The molecule has 21 heavy (non-hydrogen) atoms. The molecule has 2 aromatic rings. The number of hydrogen-bond donors (Lipinski definition) is 0. The number of aryl methyl sites for hydroxylation is 2. The van der Waals surface area contributed by atoms with Crippen molar-refractivity contribution in [3.63, 3.8) is 0 Å². The molecule has 1 aliphatic carbocycles. The monoisotopic (exact) mass is 278 g/mol. The summed E-state index contributed by atoms with van der Waals surface area (Å²) in [4.78, 5) is 0. The molecule has 0 saturated heterocycles. The fourth-order valence-corrected chi connectivity index (χ4v) is 2.79. The summed E-state index contributed by atoms with van der Waals surface area (Å²) in [6.45, 7) is 14.3. The van der Waals surface area contributed by atoms with Crippen LogP contribution in [0.2, 0.25) is 0 Å². The van der Waals surface area contributed by atoms with Crippen LogP contribution >= 0.6 is 0 Å². The fraction of sp³-hybridized carbons (Fsp3) is 0.400. The lowest BCUT2D eigenvalue weighted by molar-refractivity contribution is 0.846. The van der Waals surface area contributed by atoms with Crippen molar-refractivity contribution in [1.82, 2.24) is 0 Å². The first kappa shape index (κ1) is 17.6. The largest absolute Gasteiger partial charge is 0.0871 e. The van der Waals surface area contributed by atoms with Gasteiger partial charge >= 0.3 is 0 Å². The lowest BCUT2D eigenvalue weighted by Crippen LogP contribution is -2.20. The number of fused-ring (bicyclic) bond motifs is 3. The van der Waals surface area contributed by atoms with Crippen LogP contribution in [0.1, 0.15) is 56.9 Å². The van der Waals surface area contributed by atoms with Crippen LogP contribution in [-0.2, 0) is 5.31 Å². The van der Waals surface area contributed by atoms with E-state index in [1.807, 2.05) is 27.7 Å². The van der Waals surface area contributed by atoms with Crippen LogP contribution in [0, 0.1) is 13.8 Å². The van der Waals surface area contributed by atoms with Gasteiger partial charge in [-0.1, -0.05) is 82.1 Å². The van der Waals surface area contributed by atoms with Crippen molar-refractivity contribution in [3.8, 4) is 11.1 Å². The summed E-state index contributed by atoms with van der Waals surface area (Å²) in [7, 11) is 6.54. The number of rotatable bonds is 0. The summed E-state index contributed by atoms with van der Waals surface area (Å²) in [5.74, 6) is 0. The Bertz CT molecular complexity index is 556. The maximum atomic E-state index is 6.54. The van der Waals surface area contributed by atoms with Crippen LogP contribution in [0.3, 0.4) is 0 Å². The van der Waals surface area contributed by atoms with Crippen LogP contribution < -0.4 is 0 Å².